The molecule has 0 aliphatic carbocycles. The van der Waals surface area contributed by atoms with Gasteiger partial charge in [0.2, 0.25) is 0 Å². The van der Waals surface area contributed by atoms with Gasteiger partial charge in [0.05, 0.1) is 6.04 Å². The standard InChI is InChI=1S/C21H26FN3O2/c1-5-25(6-2)20(26)16-10-9-11-17(14-16)23-21(27)24(4)15(3)18-12-7-8-13-19(18)22/h7-15H,5-6H2,1-4H3,(H,23,27). The van der Waals surface area contributed by atoms with Gasteiger partial charge >= 0.3 is 6.03 Å². The summed E-state index contributed by atoms with van der Waals surface area (Å²) < 4.78 is 14.0. The van der Waals surface area contributed by atoms with Crippen molar-refractivity contribution >= 4 is 17.6 Å². The molecule has 1 unspecified atom stereocenters. The van der Waals surface area contributed by atoms with Crippen LogP contribution in [-0.4, -0.2) is 41.9 Å². The normalized spacial score (nSPS) is 11.6. The Kier molecular flexibility index (Phi) is 6.93. The van der Waals surface area contributed by atoms with Crippen molar-refractivity contribution in [3.63, 3.8) is 0 Å². The van der Waals surface area contributed by atoms with Gasteiger partial charge in [0.1, 0.15) is 5.82 Å². The summed E-state index contributed by atoms with van der Waals surface area (Å²) in [7, 11) is 1.61. The molecular weight excluding hydrogens is 345 g/mol. The third kappa shape index (κ3) is 4.84. The Morgan fingerprint density at radius 2 is 1.74 bits per heavy atom. The van der Waals surface area contributed by atoms with Gasteiger partial charge in [-0.1, -0.05) is 24.3 Å². The van der Waals surface area contributed by atoms with Crippen LogP contribution >= 0.6 is 0 Å². The van der Waals surface area contributed by atoms with Crippen LogP contribution in [0.15, 0.2) is 48.5 Å². The maximum absolute atomic E-state index is 14.0. The second kappa shape index (κ2) is 9.16. The lowest BCUT2D eigenvalue weighted by molar-refractivity contribution is 0.0773. The van der Waals surface area contributed by atoms with Crippen LogP contribution in [0, 0.1) is 5.82 Å². The van der Waals surface area contributed by atoms with Crippen LogP contribution in [0.5, 0.6) is 0 Å². The Balaban J connectivity index is 2.12. The van der Waals surface area contributed by atoms with Crippen LogP contribution in [0.2, 0.25) is 0 Å². The fraction of sp³-hybridized carbons (Fsp3) is 0.333. The minimum atomic E-state index is -0.438. The Bertz CT molecular complexity index is 806. The molecule has 0 spiro atoms. The summed E-state index contributed by atoms with van der Waals surface area (Å²) in [6.07, 6.45) is 0. The molecule has 1 atom stereocenters. The van der Waals surface area contributed by atoms with Gasteiger partial charge in [-0.05, 0) is 45.0 Å². The molecule has 0 aliphatic heterocycles. The zero-order valence-corrected chi connectivity index (χ0v) is 16.2. The maximum atomic E-state index is 14.0. The van der Waals surface area contributed by atoms with E-state index in [1.807, 2.05) is 13.8 Å². The van der Waals surface area contributed by atoms with E-state index in [4.69, 9.17) is 0 Å². The van der Waals surface area contributed by atoms with Gasteiger partial charge in [0.25, 0.3) is 5.91 Å². The van der Waals surface area contributed by atoms with Gasteiger partial charge in [0, 0.05) is 37.0 Å². The predicted octanol–water partition coefficient (Wildman–Crippen LogP) is 4.53. The first-order chi connectivity index (χ1) is 12.9. The first-order valence-electron chi connectivity index (χ1n) is 9.06. The molecule has 2 aromatic rings. The summed E-state index contributed by atoms with van der Waals surface area (Å²) in [6, 6.07) is 12.4. The number of benzene rings is 2. The highest BCUT2D eigenvalue weighted by Crippen LogP contribution is 2.22. The van der Waals surface area contributed by atoms with Crippen molar-refractivity contribution < 1.29 is 14.0 Å². The molecule has 0 aliphatic rings. The number of carbonyl (C=O) groups excluding carboxylic acids is 2. The van der Waals surface area contributed by atoms with Crippen molar-refractivity contribution in [3.05, 3.63) is 65.5 Å². The van der Waals surface area contributed by atoms with E-state index in [1.54, 1.807) is 61.3 Å². The van der Waals surface area contributed by atoms with E-state index in [1.165, 1.54) is 11.0 Å². The summed E-state index contributed by atoms with van der Waals surface area (Å²) in [5, 5.41) is 2.78. The summed E-state index contributed by atoms with van der Waals surface area (Å²) in [5.41, 5.74) is 1.48. The molecule has 144 valence electrons. The number of halogens is 1. The van der Waals surface area contributed by atoms with Gasteiger partial charge in [-0.25, -0.2) is 9.18 Å². The first kappa shape index (κ1) is 20.4. The second-order valence-corrected chi connectivity index (χ2v) is 6.30. The largest absolute Gasteiger partial charge is 0.339 e. The van der Waals surface area contributed by atoms with Crippen molar-refractivity contribution in [2.45, 2.75) is 26.8 Å². The molecule has 0 heterocycles. The molecule has 0 bridgehead atoms. The lowest BCUT2D eigenvalue weighted by atomic mass is 10.1. The van der Waals surface area contributed by atoms with Crippen molar-refractivity contribution in [2.75, 3.05) is 25.5 Å². The van der Waals surface area contributed by atoms with Crippen LogP contribution in [0.4, 0.5) is 14.9 Å². The molecule has 5 nitrogen and oxygen atoms in total. The minimum absolute atomic E-state index is 0.0795. The van der Waals surface area contributed by atoms with Crippen LogP contribution in [0.3, 0.4) is 0 Å². The monoisotopic (exact) mass is 371 g/mol. The van der Waals surface area contributed by atoms with Gasteiger partial charge in [-0.2, -0.15) is 0 Å². The van der Waals surface area contributed by atoms with Crippen LogP contribution < -0.4 is 5.32 Å². The Morgan fingerprint density at radius 1 is 1.07 bits per heavy atom. The van der Waals surface area contributed by atoms with Gasteiger partial charge in [-0.3, -0.25) is 4.79 Å². The average Bonchev–Trinajstić information content (AvgIpc) is 2.68. The van der Waals surface area contributed by atoms with E-state index in [-0.39, 0.29) is 17.8 Å². The molecule has 1 N–H and O–H groups in total. The smallest absolute Gasteiger partial charge is 0.322 e. The number of hydrogen-bond donors (Lipinski definition) is 1. The fourth-order valence-corrected chi connectivity index (χ4v) is 2.83. The van der Waals surface area contributed by atoms with E-state index in [2.05, 4.69) is 5.32 Å². The quantitative estimate of drug-likeness (QED) is 0.811. The van der Waals surface area contributed by atoms with Crippen molar-refractivity contribution in [3.8, 4) is 0 Å². The lowest BCUT2D eigenvalue weighted by Gasteiger charge is -2.26. The van der Waals surface area contributed by atoms with Crippen LogP contribution in [0.25, 0.3) is 0 Å². The van der Waals surface area contributed by atoms with E-state index >= 15 is 0 Å². The Labute approximate surface area is 159 Å². The van der Waals surface area contributed by atoms with Gasteiger partial charge < -0.3 is 15.1 Å². The number of anilines is 1. The lowest BCUT2D eigenvalue weighted by Crippen LogP contribution is -2.34. The molecule has 0 radical (unpaired) electrons. The van der Waals surface area contributed by atoms with Crippen LogP contribution in [0.1, 0.15) is 42.7 Å². The van der Waals surface area contributed by atoms with Crippen LogP contribution in [-0.2, 0) is 0 Å². The summed E-state index contributed by atoms with van der Waals surface area (Å²) in [6.45, 7) is 6.85. The minimum Gasteiger partial charge on any atom is -0.339 e. The molecule has 3 amide bonds. The zero-order valence-electron chi connectivity index (χ0n) is 16.2. The van der Waals surface area contributed by atoms with Gasteiger partial charge in [0.15, 0.2) is 0 Å². The maximum Gasteiger partial charge on any atom is 0.322 e. The fourth-order valence-electron chi connectivity index (χ4n) is 2.83. The highest BCUT2D eigenvalue weighted by Gasteiger charge is 2.20. The molecule has 2 rings (SSSR count). The number of nitrogens with one attached hydrogen (secondary N) is 1. The second-order valence-electron chi connectivity index (χ2n) is 6.30. The van der Waals surface area contributed by atoms with Gasteiger partial charge in [-0.15, -0.1) is 0 Å². The number of carbonyl (C=O) groups is 2. The highest BCUT2D eigenvalue weighted by atomic mass is 19.1. The molecule has 6 heteroatoms. The Hall–Kier alpha value is -2.89. The van der Waals surface area contributed by atoms with E-state index in [9.17, 15) is 14.0 Å². The Morgan fingerprint density at radius 3 is 2.37 bits per heavy atom. The van der Waals surface area contributed by atoms with E-state index in [0.717, 1.165) is 0 Å². The summed E-state index contributed by atoms with van der Waals surface area (Å²) >= 11 is 0. The van der Waals surface area contributed by atoms with E-state index < -0.39 is 6.04 Å². The number of amides is 3. The molecule has 0 aromatic heterocycles. The summed E-state index contributed by atoms with van der Waals surface area (Å²) in [4.78, 5) is 28.2. The number of urea groups is 1. The van der Waals surface area contributed by atoms with E-state index in [0.29, 0.717) is 29.9 Å². The summed E-state index contributed by atoms with van der Waals surface area (Å²) in [5.74, 6) is -0.430. The third-order valence-electron chi connectivity index (χ3n) is 4.67. The number of hydrogen-bond acceptors (Lipinski definition) is 2. The van der Waals surface area contributed by atoms with Crippen molar-refractivity contribution in [1.82, 2.24) is 9.80 Å². The highest BCUT2D eigenvalue weighted by molar-refractivity contribution is 5.97. The predicted molar refractivity (Wildman–Crippen MR) is 105 cm³/mol. The molecule has 2 aromatic carbocycles. The first-order valence-corrected chi connectivity index (χ1v) is 9.06. The van der Waals surface area contributed by atoms with Crippen molar-refractivity contribution in [1.29, 1.82) is 0 Å². The average molecular weight is 371 g/mol. The SMILES string of the molecule is CCN(CC)C(=O)c1cccc(NC(=O)N(C)C(C)c2ccccc2F)c1. The molecule has 0 fully saturated rings. The molecule has 0 saturated carbocycles. The topological polar surface area (TPSA) is 52.7 Å². The number of rotatable bonds is 6. The molecular formula is C21H26FN3O2. The third-order valence-corrected chi connectivity index (χ3v) is 4.67. The molecule has 27 heavy (non-hydrogen) atoms. The van der Waals surface area contributed by atoms with Crippen molar-refractivity contribution in [2.24, 2.45) is 0 Å². The molecule has 0 saturated heterocycles. The number of nitrogens with zero attached hydrogens (tertiary/aromatic N) is 2. The zero-order chi connectivity index (χ0) is 20.0.